The summed E-state index contributed by atoms with van der Waals surface area (Å²) in [6.45, 7) is -3.35. The van der Waals surface area contributed by atoms with Crippen LogP contribution < -0.4 is 0 Å². The maximum atomic E-state index is 11.8. The van der Waals surface area contributed by atoms with Crippen molar-refractivity contribution in [3.05, 3.63) is 10.1 Å². The maximum Gasteiger partial charge on any atom is 0.294 e. The smallest absolute Gasteiger partial charge is 0.294 e. The Morgan fingerprint density at radius 2 is 1.90 bits per heavy atom. The summed E-state index contributed by atoms with van der Waals surface area (Å²) in [5.74, 6) is 0. The van der Waals surface area contributed by atoms with Gasteiger partial charge in [-0.2, -0.15) is 0 Å². The molecule has 5 nitrogen and oxygen atoms in total. The third-order valence-electron chi connectivity index (χ3n) is 1.22. The highest BCUT2D eigenvalue weighted by molar-refractivity contribution is 4.75. The van der Waals surface area contributed by atoms with Gasteiger partial charge in [0.1, 0.15) is 13.2 Å². The van der Waals surface area contributed by atoms with Crippen molar-refractivity contribution in [2.24, 2.45) is 0 Å². The standard InChI is InChI=1S/C4H8FNO4/c5-1-4(2-7,3-8)6(9)10/h7-8H,1-3H2. The number of hydrogen-bond acceptors (Lipinski definition) is 4. The van der Waals surface area contributed by atoms with Gasteiger partial charge in [-0.15, -0.1) is 0 Å². The van der Waals surface area contributed by atoms with Crippen LogP contribution in [-0.2, 0) is 0 Å². The van der Waals surface area contributed by atoms with E-state index in [1.165, 1.54) is 0 Å². The Hall–Kier alpha value is -0.750. The molecule has 0 spiro atoms. The number of nitro groups is 1. The van der Waals surface area contributed by atoms with Crippen molar-refractivity contribution in [3.8, 4) is 0 Å². The first-order valence-electron chi connectivity index (χ1n) is 2.55. The minimum absolute atomic E-state index is 0.993. The summed E-state index contributed by atoms with van der Waals surface area (Å²) >= 11 is 0. The van der Waals surface area contributed by atoms with Crippen molar-refractivity contribution in [1.29, 1.82) is 0 Å². The van der Waals surface area contributed by atoms with Gasteiger partial charge in [0, 0.05) is 4.92 Å². The zero-order valence-electron chi connectivity index (χ0n) is 5.16. The number of hydrogen-bond donors (Lipinski definition) is 2. The SMILES string of the molecule is O=[N+]([O-])C(CO)(CO)CF. The minimum Gasteiger partial charge on any atom is -0.389 e. The molecule has 0 fully saturated rings. The van der Waals surface area contributed by atoms with Crippen molar-refractivity contribution in [1.82, 2.24) is 0 Å². The fourth-order valence-electron chi connectivity index (χ4n) is 0.299. The number of nitrogens with zero attached hydrogens (tertiary/aromatic N) is 1. The lowest BCUT2D eigenvalue weighted by molar-refractivity contribution is -0.578. The van der Waals surface area contributed by atoms with E-state index in [0.29, 0.717) is 0 Å². The Morgan fingerprint density at radius 1 is 1.50 bits per heavy atom. The van der Waals surface area contributed by atoms with Gasteiger partial charge in [-0.3, -0.25) is 10.1 Å². The Kier molecular flexibility index (Phi) is 3.17. The molecule has 0 rings (SSSR count). The molecular weight excluding hydrogens is 145 g/mol. The lowest BCUT2D eigenvalue weighted by Gasteiger charge is -2.15. The van der Waals surface area contributed by atoms with Crippen molar-refractivity contribution in [2.75, 3.05) is 19.9 Å². The molecule has 60 valence electrons. The normalized spacial score (nSPS) is 11.5. The summed E-state index contributed by atoms with van der Waals surface area (Å²) in [5, 5.41) is 26.6. The van der Waals surface area contributed by atoms with Crippen LogP contribution >= 0.6 is 0 Å². The van der Waals surface area contributed by atoms with Crippen LogP contribution in [0, 0.1) is 10.1 Å². The first-order valence-corrected chi connectivity index (χ1v) is 2.55. The summed E-state index contributed by atoms with van der Waals surface area (Å²) in [6.07, 6.45) is 0. The van der Waals surface area contributed by atoms with Crippen LogP contribution in [0.2, 0.25) is 0 Å². The summed E-state index contributed by atoms with van der Waals surface area (Å²) in [6, 6.07) is 0. The summed E-state index contributed by atoms with van der Waals surface area (Å²) in [7, 11) is 0. The van der Waals surface area contributed by atoms with Crippen molar-refractivity contribution in [3.63, 3.8) is 0 Å². The van der Waals surface area contributed by atoms with Crippen LogP contribution in [0.25, 0.3) is 0 Å². The predicted molar refractivity (Wildman–Crippen MR) is 29.9 cm³/mol. The molecule has 0 unspecified atom stereocenters. The number of aliphatic hydroxyl groups excluding tert-OH is 2. The van der Waals surface area contributed by atoms with Gasteiger partial charge in [0.15, 0.2) is 6.67 Å². The molecule has 0 aromatic rings. The Labute approximate surface area is 56.2 Å². The molecule has 2 N–H and O–H groups in total. The second-order valence-corrected chi connectivity index (χ2v) is 1.93. The van der Waals surface area contributed by atoms with Crippen molar-refractivity contribution >= 4 is 0 Å². The van der Waals surface area contributed by atoms with Gasteiger partial charge in [-0.1, -0.05) is 0 Å². The van der Waals surface area contributed by atoms with E-state index in [1.54, 1.807) is 0 Å². The average molecular weight is 153 g/mol. The van der Waals surface area contributed by atoms with Gasteiger partial charge in [-0.25, -0.2) is 4.39 Å². The molecule has 0 aromatic carbocycles. The van der Waals surface area contributed by atoms with E-state index in [9.17, 15) is 14.5 Å². The topological polar surface area (TPSA) is 83.6 Å². The molecule has 10 heavy (non-hydrogen) atoms. The van der Waals surface area contributed by atoms with Gasteiger partial charge >= 0.3 is 0 Å². The highest BCUT2D eigenvalue weighted by Gasteiger charge is 2.42. The van der Waals surface area contributed by atoms with E-state index in [0.717, 1.165) is 0 Å². The second-order valence-electron chi connectivity index (χ2n) is 1.93. The molecule has 0 aromatic heterocycles. The van der Waals surface area contributed by atoms with E-state index in [1.807, 2.05) is 0 Å². The summed E-state index contributed by atoms with van der Waals surface area (Å²) in [5.41, 5.74) is -2.21. The molecule has 0 heterocycles. The van der Waals surface area contributed by atoms with E-state index in [2.05, 4.69) is 0 Å². The average Bonchev–Trinajstić information content (AvgIpc) is 1.92. The Morgan fingerprint density at radius 3 is 1.90 bits per heavy atom. The van der Waals surface area contributed by atoms with E-state index < -0.39 is 30.4 Å². The zero-order valence-corrected chi connectivity index (χ0v) is 5.16. The van der Waals surface area contributed by atoms with Gasteiger partial charge in [0.05, 0.1) is 0 Å². The molecule has 0 radical (unpaired) electrons. The zero-order chi connectivity index (χ0) is 8.20. The molecule has 0 aliphatic heterocycles. The van der Waals surface area contributed by atoms with Gasteiger partial charge in [0.2, 0.25) is 0 Å². The fourth-order valence-corrected chi connectivity index (χ4v) is 0.299. The van der Waals surface area contributed by atoms with Gasteiger partial charge in [0.25, 0.3) is 5.54 Å². The second kappa shape index (κ2) is 3.43. The largest absolute Gasteiger partial charge is 0.389 e. The number of rotatable bonds is 4. The molecule has 0 atom stereocenters. The van der Waals surface area contributed by atoms with Crippen molar-refractivity contribution < 1.29 is 19.5 Å². The number of aliphatic hydroxyl groups is 2. The summed E-state index contributed by atoms with van der Waals surface area (Å²) < 4.78 is 11.8. The minimum atomic E-state index is -2.21. The molecule has 0 saturated heterocycles. The lowest BCUT2D eigenvalue weighted by Crippen LogP contribution is -2.47. The number of alkyl halides is 1. The van der Waals surface area contributed by atoms with Crippen LogP contribution in [0.4, 0.5) is 4.39 Å². The first-order chi connectivity index (χ1) is 4.63. The van der Waals surface area contributed by atoms with Crippen LogP contribution in [0.3, 0.4) is 0 Å². The first kappa shape index (κ1) is 9.25. The molecule has 0 saturated carbocycles. The van der Waals surface area contributed by atoms with Crippen LogP contribution in [0.15, 0.2) is 0 Å². The van der Waals surface area contributed by atoms with Gasteiger partial charge in [-0.05, 0) is 0 Å². The lowest BCUT2D eigenvalue weighted by atomic mass is 10.1. The molecule has 0 bridgehead atoms. The van der Waals surface area contributed by atoms with E-state index in [-0.39, 0.29) is 0 Å². The predicted octanol–water partition coefficient (Wildman–Crippen LogP) is -1.04. The third kappa shape index (κ3) is 1.39. The molecule has 0 aliphatic rings. The van der Waals surface area contributed by atoms with Crippen LogP contribution in [-0.4, -0.2) is 40.6 Å². The quantitative estimate of drug-likeness (QED) is 0.399. The molecule has 6 heteroatoms. The van der Waals surface area contributed by atoms with Crippen LogP contribution in [0.1, 0.15) is 0 Å². The molecular formula is C4H8FNO4. The Balaban J connectivity index is 4.31. The van der Waals surface area contributed by atoms with Crippen LogP contribution in [0.5, 0.6) is 0 Å². The fraction of sp³-hybridized carbons (Fsp3) is 1.00. The highest BCUT2D eigenvalue weighted by atomic mass is 19.1. The monoisotopic (exact) mass is 153 g/mol. The maximum absolute atomic E-state index is 11.8. The van der Waals surface area contributed by atoms with E-state index >= 15 is 0 Å². The highest BCUT2D eigenvalue weighted by Crippen LogP contribution is 2.08. The molecule has 0 aliphatic carbocycles. The van der Waals surface area contributed by atoms with Gasteiger partial charge < -0.3 is 10.2 Å². The molecule has 0 amide bonds. The number of halogens is 1. The van der Waals surface area contributed by atoms with Crippen molar-refractivity contribution in [2.45, 2.75) is 5.54 Å². The summed E-state index contributed by atoms with van der Waals surface area (Å²) in [4.78, 5) is 8.94. The van der Waals surface area contributed by atoms with E-state index in [4.69, 9.17) is 10.2 Å². The Bertz CT molecular complexity index is 116. The third-order valence-corrected chi connectivity index (χ3v) is 1.22.